The van der Waals surface area contributed by atoms with E-state index in [1.54, 1.807) is 0 Å². The second-order valence-electron chi connectivity index (χ2n) is 5.80. The number of hydrogen-bond donors (Lipinski definition) is 3. The fraction of sp³-hybridized carbons (Fsp3) is 0.929. The molecule has 1 heterocycles. The molecule has 1 amide bonds. The van der Waals surface area contributed by atoms with Crippen molar-refractivity contribution < 1.29 is 9.90 Å². The topological polar surface area (TPSA) is 61.4 Å². The van der Waals surface area contributed by atoms with Crippen molar-refractivity contribution in [2.75, 3.05) is 13.1 Å². The number of aliphatic hydroxyl groups is 1. The van der Waals surface area contributed by atoms with Crippen molar-refractivity contribution in [2.24, 2.45) is 5.92 Å². The highest BCUT2D eigenvalue weighted by molar-refractivity contribution is 5.76. The van der Waals surface area contributed by atoms with Gasteiger partial charge in [-0.25, -0.2) is 0 Å². The van der Waals surface area contributed by atoms with Crippen LogP contribution in [-0.4, -0.2) is 36.2 Å². The quantitative estimate of drug-likeness (QED) is 0.663. The minimum Gasteiger partial charge on any atom is -0.391 e. The molecule has 3 N–H and O–H groups in total. The highest BCUT2D eigenvalue weighted by Crippen LogP contribution is 2.19. The summed E-state index contributed by atoms with van der Waals surface area (Å²) < 4.78 is 0. The molecule has 1 saturated heterocycles. The van der Waals surface area contributed by atoms with Crippen LogP contribution < -0.4 is 10.6 Å². The highest BCUT2D eigenvalue weighted by atomic mass is 16.3. The van der Waals surface area contributed by atoms with Crippen LogP contribution in [0.3, 0.4) is 0 Å². The Labute approximate surface area is 110 Å². The molecule has 3 unspecified atom stereocenters. The van der Waals surface area contributed by atoms with Gasteiger partial charge in [-0.3, -0.25) is 4.79 Å². The Hall–Kier alpha value is -0.610. The molecule has 3 atom stereocenters. The summed E-state index contributed by atoms with van der Waals surface area (Å²) in [7, 11) is 0. The van der Waals surface area contributed by atoms with Crippen LogP contribution in [0.25, 0.3) is 0 Å². The van der Waals surface area contributed by atoms with Gasteiger partial charge in [-0.15, -0.1) is 0 Å². The SMILES string of the molecule is O=C(CC1CCCNC1)NC1CCCCCC1O. The maximum atomic E-state index is 12.0. The van der Waals surface area contributed by atoms with Crippen LogP contribution >= 0.6 is 0 Å². The summed E-state index contributed by atoms with van der Waals surface area (Å²) in [5.41, 5.74) is 0. The number of piperidine rings is 1. The summed E-state index contributed by atoms with van der Waals surface area (Å²) in [6, 6.07) is -0.0171. The average Bonchev–Trinajstić information content (AvgIpc) is 2.56. The van der Waals surface area contributed by atoms with Gasteiger partial charge >= 0.3 is 0 Å². The van der Waals surface area contributed by atoms with Crippen molar-refractivity contribution in [3.8, 4) is 0 Å². The molecule has 0 radical (unpaired) electrons. The van der Waals surface area contributed by atoms with Gasteiger partial charge < -0.3 is 15.7 Å². The van der Waals surface area contributed by atoms with E-state index in [4.69, 9.17) is 0 Å². The van der Waals surface area contributed by atoms with Crippen molar-refractivity contribution in [1.82, 2.24) is 10.6 Å². The van der Waals surface area contributed by atoms with Gasteiger partial charge in [0, 0.05) is 6.42 Å². The first-order valence-electron chi connectivity index (χ1n) is 7.44. The van der Waals surface area contributed by atoms with Crippen molar-refractivity contribution >= 4 is 5.91 Å². The average molecular weight is 254 g/mol. The third kappa shape index (κ3) is 4.25. The van der Waals surface area contributed by atoms with Gasteiger partial charge in [-0.1, -0.05) is 19.3 Å². The molecule has 4 heteroatoms. The predicted molar refractivity (Wildman–Crippen MR) is 71.2 cm³/mol. The molecule has 2 rings (SSSR count). The molecule has 4 nitrogen and oxygen atoms in total. The number of hydrogen-bond acceptors (Lipinski definition) is 3. The van der Waals surface area contributed by atoms with Gasteiger partial charge in [0.25, 0.3) is 0 Å². The number of rotatable bonds is 3. The Bertz CT molecular complexity index is 265. The molecule has 2 fully saturated rings. The van der Waals surface area contributed by atoms with E-state index in [1.165, 1.54) is 12.8 Å². The Morgan fingerprint density at radius 2 is 2.00 bits per heavy atom. The second-order valence-corrected chi connectivity index (χ2v) is 5.80. The fourth-order valence-electron chi connectivity index (χ4n) is 3.08. The fourth-order valence-corrected chi connectivity index (χ4v) is 3.08. The van der Waals surface area contributed by atoms with Gasteiger partial charge in [0.15, 0.2) is 0 Å². The van der Waals surface area contributed by atoms with Gasteiger partial charge in [0.1, 0.15) is 0 Å². The highest BCUT2D eigenvalue weighted by Gasteiger charge is 2.24. The molecule has 104 valence electrons. The normalized spacial score (nSPS) is 33.7. The Morgan fingerprint density at radius 1 is 1.17 bits per heavy atom. The van der Waals surface area contributed by atoms with Gasteiger partial charge in [-0.2, -0.15) is 0 Å². The second kappa shape index (κ2) is 7.10. The van der Waals surface area contributed by atoms with Crippen molar-refractivity contribution in [2.45, 2.75) is 63.5 Å². The maximum absolute atomic E-state index is 12.0. The third-order valence-corrected chi connectivity index (χ3v) is 4.20. The maximum Gasteiger partial charge on any atom is 0.220 e. The minimum absolute atomic E-state index is 0.0171. The molecule has 0 aromatic heterocycles. The largest absolute Gasteiger partial charge is 0.391 e. The third-order valence-electron chi connectivity index (χ3n) is 4.20. The lowest BCUT2D eigenvalue weighted by molar-refractivity contribution is -0.123. The van der Waals surface area contributed by atoms with E-state index in [0.717, 1.165) is 45.2 Å². The van der Waals surface area contributed by atoms with Crippen molar-refractivity contribution in [3.63, 3.8) is 0 Å². The lowest BCUT2D eigenvalue weighted by Crippen LogP contribution is -2.44. The zero-order valence-corrected chi connectivity index (χ0v) is 11.2. The minimum atomic E-state index is -0.346. The van der Waals surface area contributed by atoms with E-state index in [1.807, 2.05) is 0 Å². The summed E-state index contributed by atoms with van der Waals surface area (Å²) >= 11 is 0. The van der Waals surface area contributed by atoms with E-state index in [9.17, 15) is 9.90 Å². The molecule has 1 aliphatic carbocycles. The lowest BCUT2D eigenvalue weighted by atomic mass is 9.95. The standard InChI is InChI=1S/C14H26N2O2/c17-13-7-3-1-2-6-12(13)16-14(18)9-11-5-4-8-15-10-11/h11-13,15,17H,1-10H2,(H,16,18). The summed E-state index contributed by atoms with van der Waals surface area (Å²) in [6.45, 7) is 2.04. The summed E-state index contributed by atoms with van der Waals surface area (Å²) in [5, 5.41) is 16.3. The van der Waals surface area contributed by atoms with Gasteiger partial charge in [-0.05, 0) is 44.7 Å². The van der Waals surface area contributed by atoms with Crippen molar-refractivity contribution in [1.29, 1.82) is 0 Å². The van der Waals surface area contributed by atoms with Crippen LogP contribution in [0.5, 0.6) is 0 Å². The smallest absolute Gasteiger partial charge is 0.220 e. The Balaban J connectivity index is 1.74. The monoisotopic (exact) mass is 254 g/mol. The van der Waals surface area contributed by atoms with Crippen LogP contribution in [0.4, 0.5) is 0 Å². The van der Waals surface area contributed by atoms with Crippen LogP contribution in [0.2, 0.25) is 0 Å². The first kappa shape index (κ1) is 13.8. The number of carbonyl (C=O) groups is 1. The molecule has 0 bridgehead atoms. The number of nitrogens with one attached hydrogen (secondary N) is 2. The van der Waals surface area contributed by atoms with E-state index < -0.39 is 0 Å². The number of carbonyl (C=O) groups excluding carboxylic acids is 1. The van der Waals surface area contributed by atoms with E-state index in [0.29, 0.717) is 12.3 Å². The summed E-state index contributed by atoms with van der Waals surface area (Å²) in [5.74, 6) is 0.594. The van der Waals surface area contributed by atoms with Crippen LogP contribution in [0.15, 0.2) is 0 Å². The van der Waals surface area contributed by atoms with Crippen molar-refractivity contribution in [3.05, 3.63) is 0 Å². The van der Waals surface area contributed by atoms with E-state index >= 15 is 0 Å². The van der Waals surface area contributed by atoms with Crippen LogP contribution in [0.1, 0.15) is 51.4 Å². The lowest BCUT2D eigenvalue weighted by Gasteiger charge is -2.25. The summed E-state index contributed by atoms with van der Waals surface area (Å²) in [6.07, 6.45) is 7.71. The molecule has 0 aromatic carbocycles. The van der Waals surface area contributed by atoms with Gasteiger partial charge in [0.2, 0.25) is 5.91 Å². The molecular weight excluding hydrogens is 228 g/mol. The molecule has 0 spiro atoms. The molecular formula is C14H26N2O2. The summed E-state index contributed by atoms with van der Waals surface area (Å²) in [4.78, 5) is 12.0. The molecule has 1 saturated carbocycles. The number of aliphatic hydroxyl groups excluding tert-OH is 1. The van der Waals surface area contributed by atoms with Gasteiger partial charge in [0.05, 0.1) is 12.1 Å². The molecule has 2 aliphatic rings. The zero-order chi connectivity index (χ0) is 12.8. The first-order valence-corrected chi connectivity index (χ1v) is 7.44. The molecule has 1 aliphatic heterocycles. The van der Waals surface area contributed by atoms with E-state index in [2.05, 4.69) is 10.6 Å². The predicted octanol–water partition coefficient (Wildman–Crippen LogP) is 1.19. The zero-order valence-electron chi connectivity index (χ0n) is 11.2. The Kier molecular flexibility index (Phi) is 5.45. The van der Waals surface area contributed by atoms with Crippen LogP contribution in [-0.2, 0) is 4.79 Å². The first-order chi connectivity index (χ1) is 8.75. The molecule has 0 aromatic rings. The van der Waals surface area contributed by atoms with Crippen LogP contribution in [0, 0.1) is 5.92 Å². The van der Waals surface area contributed by atoms with E-state index in [-0.39, 0.29) is 18.1 Å². The number of amides is 1. The molecule has 18 heavy (non-hydrogen) atoms. The Morgan fingerprint density at radius 3 is 2.78 bits per heavy atom.